The van der Waals surface area contributed by atoms with Crippen molar-refractivity contribution in [2.45, 2.75) is 19.3 Å². The van der Waals surface area contributed by atoms with Crippen LogP contribution >= 0.6 is 0 Å². The number of hydrogen-bond acceptors (Lipinski definition) is 0. The molecule has 0 radical (unpaired) electrons. The van der Waals surface area contributed by atoms with Crippen LogP contribution in [0, 0.1) is 0 Å². The van der Waals surface area contributed by atoms with Gasteiger partial charge >= 0.3 is 0 Å². The van der Waals surface area contributed by atoms with Crippen LogP contribution in [0.15, 0.2) is 206 Å². The van der Waals surface area contributed by atoms with E-state index in [2.05, 4.69) is 229 Å². The Kier molecular flexibility index (Phi) is 7.31. The Balaban J connectivity index is 0.988. The fourth-order valence-corrected chi connectivity index (χ4v) is 10.1. The first-order chi connectivity index (χ1) is 29.0. The predicted octanol–water partition coefficient (Wildman–Crippen LogP) is 15.2. The fourth-order valence-electron chi connectivity index (χ4n) is 10.1. The molecule has 0 fully saturated rings. The molecule has 278 valence electrons. The molecule has 0 saturated carbocycles. The van der Waals surface area contributed by atoms with Gasteiger partial charge in [0.1, 0.15) is 0 Å². The smallest absolute Gasteiger partial charge is 0.0548 e. The van der Waals surface area contributed by atoms with Gasteiger partial charge in [-0.3, -0.25) is 0 Å². The van der Waals surface area contributed by atoms with Crippen molar-refractivity contribution in [3.8, 4) is 55.9 Å². The number of para-hydroxylation sites is 2. The molecule has 1 aliphatic carbocycles. The second kappa shape index (κ2) is 12.8. The van der Waals surface area contributed by atoms with Crippen molar-refractivity contribution < 1.29 is 0 Å². The molecule has 9 aromatic carbocycles. The molecule has 2 heteroatoms. The predicted molar refractivity (Wildman–Crippen MR) is 249 cm³/mol. The van der Waals surface area contributed by atoms with E-state index in [0.29, 0.717) is 0 Å². The summed E-state index contributed by atoms with van der Waals surface area (Å²) >= 11 is 0. The number of aromatic nitrogens is 2. The molecule has 0 spiro atoms. The van der Waals surface area contributed by atoms with Crippen molar-refractivity contribution in [3.05, 3.63) is 217 Å². The summed E-state index contributed by atoms with van der Waals surface area (Å²) in [6.07, 6.45) is 0. The molecule has 11 aromatic rings. The van der Waals surface area contributed by atoms with E-state index in [9.17, 15) is 0 Å². The Morgan fingerprint density at radius 2 is 0.780 bits per heavy atom. The highest BCUT2D eigenvalue weighted by Crippen LogP contribution is 2.50. The molecule has 0 atom stereocenters. The van der Waals surface area contributed by atoms with E-state index in [1.165, 1.54) is 99.2 Å². The zero-order chi connectivity index (χ0) is 39.2. The highest BCUT2D eigenvalue weighted by atomic mass is 15.0. The Morgan fingerprint density at radius 1 is 0.305 bits per heavy atom. The SMILES string of the molecule is CC1(C)c2ccccc2-c2cc(-c3cccc(-n4c5ccccc5c5c6c7ccccc7n(-c7ccc(-c8ccc(-c9ccccc9)cc8)cc7)c6ccc54)c3)ccc21. The summed E-state index contributed by atoms with van der Waals surface area (Å²) < 4.78 is 4.90. The van der Waals surface area contributed by atoms with Gasteiger partial charge in [0.15, 0.2) is 0 Å². The number of fused-ring (bicyclic) bond motifs is 10. The third kappa shape index (κ3) is 5.06. The maximum Gasteiger partial charge on any atom is 0.0548 e. The molecule has 2 heterocycles. The van der Waals surface area contributed by atoms with Gasteiger partial charge in [-0.1, -0.05) is 166 Å². The maximum atomic E-state index is 2.46. The van der Waals surface area contributed by atoms with E-state index in [1.54, 1.807) is 0 Å². The Bertz CT molecular complexity index is 3430. The van der Waals surface area contributed by atoms with E-state index in [4.69, 9.17) is 0 Å². The minimum atomic E-state index is -0.0108. The molecule has 2 nitrogen and oxygen atoms in total. The highest BCUT2D eigenvalue weighted by molar-refractivity contribution is 6.29. The van der Waals surface area contributed by atoms with Gasteiger partial charge in [-0.2, -0.15) is 0 Å². The molecule has 0 saturated heterocycles. The van der Waals surface area contributed by atoms with Crippen molar-refractivity contribution in [2.75, 3.05) is 0 Å². The van der Waals surface area contributed by atoms with Gasteiger partial charge < -0.3 is 9.13 Å². The quantitative estimate of drug-likeness (QED) is 0.166. The van der Waals surface area contributed by atoms with Crippen LogP contribution in [-0.2, 0) is 5.41 Å². The van der Waals surface area contributed by atoms with E-state index in [0.717, 1.165) is 11.4 Å². The standard InChI is InChI=1S/C57H40N2/c1-57(2)49-20-9-6-17-45(49)48-36-42(29-32-50(48)57)41-15-12-16-44(35-41)59-52-22-11-8-19-47(52)56-54(59)34-33-53-55(56)46-18-7-10-21-51(46)58(53)43-30-27-40(28-31-43)39-25-23-38(24-26-39)37-13-4-3-5-14-37/h3-36H,1-2H3. The number of benzene rings is 9. The van der Waals surface area contributed by atoms with Crippen LogP contribution in [0.1, 0.15) is 25.0 Å². The second-order valence-electron chi connectivity index (χ2n) is 16.5. The lowest BCUT2D eigenvalue weighted by Crippen LogP contribution is -2.14. The average molecular weight is 753 g/mol. The molecular formula is C57H40N2. The van der Waals surface area contributed by atoms with Crippen LogP contribution in [0.5, 0.6) is 0 Å². The summed E-state index contributed by atoms with van der Waals surface area (Å²) in [5.74, 6) is 0. The van der Waals surface area contributed by atoms with Crippen molar-refractivity contribution in [3.63, 3.8) is 0 Å². The van der Waals surface area contributed by atoms with E-state index in [1.807, 2.05) is 0 Å². The van der Waals surface area contributed by atoms with Gasteiger partial charge in [0, 0.05) is 38.3 Å². The number of rotatable bonds is 5. The third-order valence-electron chi connectivity index (χ3n) is 12.9. The summed E-state index contributed by atoms with van der Waals surface area (Å²) in [4.78, 5) is 0. The monoisotopic (exact) mass is 752 g/mol. The molecule has 2 aromatic heterocycles. The summed E-state index contributed by atoms with van der Waals surface area (Å²) in [6.45, 7) is 4.69. The van der Waals surface area contributed by atoms with E-state index < -0.39 is 0 Å². The number of hydrogen-bond donors (Lipinski definition) is 0. The van der Waals surface area contributed by atoms with Crippen molar-refractivity contribution in [2.24, 2.45) is 0 Å². The first-order valence-electron chi connectivity index (χ1n) is 20.6. The Labute approximate surface area is 343 Å². The molecule has 0 amide bonds. The Hall–Kier alpha value is -7.42. The normalized spacial score (nSPS) is 13.1. The van der Waals surface area contributed by atoms with E-state index in [-0.39, 0.29) is 5.41 Å². The molecule has 59 heavy (non-hydrogen) atoms. The molecule has 0 bridgehead atoms. The fraction of sp³-hybridized carbons (Fsp3) is 0.0526. The summed E-state index contributed by atoms with van der Waals surface area (Å²) in [6, 6.07) is 76.0. The van der Waals surface area contributed by atoms with Gasteiger partial charge in [0.05, 0.1) is 22.1 Å². The first kappa shape index (κ1) is 33.7. The lowest BCUT2D eigenvalue weighted by atomic mass is 9.82. The highest BCUT2D eigenvalue weighted by Gasteiger charge is 2.35. The molecule has 12 rings (SSSR count). The van der Waals surface area contributed by atoms with Crippen LogP contribution in [0.2, 0.25) is 0 Å². The minimum absolute atomic E-state index is 0.0108. The molecule has 0 aliphatic heterocycles. The zero-order valence-electron chi connectivity index (χ0n) is 33.0. The van der Waals surface area contributed by atoms with Gasteiger partial charge in [-0.15, -0.1) is 0 Å². The second-order valence-corrected chi connectivity index (χ2v) is 16.5. The summed E-state index contributed by atoms with van der Waals surface area (Å²) in [5.41, 5.74) is 19.9. The molecule has 1 aliphatic rings. The molecule has 0 unspecified atom stereocenters. The average Bonchev–Trinajstić information content (AvgIpc) is 3.90. The largest absolute Gasteiger partial charge is 0.309 e. The lowest BCUT2D eigenvalue weighted by molar-refractivity contribution is 0.660. The lowest BCUT2D eigenvalue weighted by Gasteiger charge is -2.21. The van der Waals surface area contributed by atoms with Crippen molar-refractivity contribution in [1.82, 2.24) is 9.13 Å². The third-order valence-corrected chi connectivity index (χ3v) is 12.9. The van der Waals surface area contributed by atoms with Crippen molar-refractivity contribution in [1.29, 1.82) is 0 Å². The van der Waals surface area contributed by atoms with Crippen LogP contribution in [0.4, 0.5) is 0 Å². The van der Waals surface area contributed by atoms with Gasteiger partial charge in [-0.05, 0) is 110 Å². The molecule has 0 N–H and O–H groups in total. The topological polar surface area (TPSA) is 9.86 Å². The van der Waals surface area contributed by atoms with E-state index >= 15 is 0 Å². The van der Waals surface area contributed by atoms with Crippen LogP contribution < -0.4 is 0 Å². The van der Waals surface area contributed by atoms with Crippen LogP contribution in [-0.4, -0.2) is 9.13 Å². The van der Waals surface area contributed by atoms with Gasteiger partial charge in [-0.25, -0.2) is 0 Å². The van der Waals surface area contributed by atoms with Gasteiger partial charge in [0.2, 0.25) is 0 Å². The zero-order valence-corrected chi connectivity index (χ0v) is 33.0. The number of nitrogens with zero attached hydrogens (tertiary/aromatic N) is 2. The van der Waals surface area contributed by atoms with Crippen molar-refractivity contribution >= 4 is 43.6 Å². The summed E-state index contributed by atoms with van der Waals surface area (Å²) in [7, 11) is 0. The van der Waals surface area contributed by atoms with Crippen LogP contribution in [0.3, 0.4) is 0 Å². The maximum absolute atomic E-state index is 2.46. The Morgan fingerprint density at radius 3 is 1.44 bits per heavy atom. The first-order valence-corrected chi connectivity index (χ1v) is 20.6. The molecular weight excluding hydrogens is 713 g/mol. The van der Waals surface area contributed by atoms with Gasteiger partial charge in [0.25, 0.3) is 0 Å². The minimum Gasteiger partial charge on any atom is -0.309 e. The summed E-state index contributed by atoms with van der Waals surface area (Å²) in [5, 5.41) is 5.08. The van der Waals surface area contributed by atoms with Crippen LogP contribution in [0.25, 0.3) is 99.5 Å².